The average molecular weight is 568 g/mol. The number of carboxylic acids is 1. The molecular formula is C28H39FLiN3O6Si. The third-order valence-corrected chi connectivity index (χ3v) is 7.48. The van der Waals surface area contributed by atoms with Crippen molar-refractivity contribution in [2.45, 2.75) is 78.2 Å². The number of carbonyl (C=O) groups excluding carboxylic acids is 1. The van der Waals surface area contributed by atoms with Gasteiger partial charge in [-0.05, 0) is 63.1 Å². The predicted octanol–water partition coefficient (Wildman–Crippen LogP) is 5.46. The van der Waals surface area contributed by atoms with Crippen LogP contribution >= 0.6 is 0 Å². The molecule has 1 amide bonds. The molecule has 0 saturated heterocycles. The molecule has 2 aromatic heterocycles. The van der Waals surface area contributed by atoms with Crippen molar-refractivity contribution in [3.63, 3.8) is 0 Å². The molecule has 0 aliphatic carbocycles. The summed E-state index contributed by atoms with van der Waals surface area (Å²) in [6, 6.07) is 5.64. The Bertz CT molecular complexity index is 1340. The van der Waals surface area contributed by atoms with Crippen molar-refractivity contribution in [2.24, 2.45) is 0 Å². The van der Waals surface area contributed by atoms with Crippen LogP contribution in [-0.4, -0.2) is 71.9 Å². The van der Waals surface area contributed by atoms with Gasteiger partial charge in [0.15, 0.2) is 11.6 Å². The standard InChI is InChI=1S/C28H38FN3O6Si.Li.H/c1-18-16-32(17-36-12-13-39(5,6)7)25-24(18)23(10-11-30-25)37-22-9-8-19(14-20(22)29)15-21(26(33)34)31-27(35)38-28(2,3)4;;/h8-11,14,16,21H,12-13,15,17H2,1-7H3,(H,31,35)(H,33,34);;. The Labute approximate surface area is 247 Å². The van der Waals surface area contributed by atoms with Crippen LogP contribution in [0.5, 0.6) is 11.5 Å². The number of nitrogens with one attached hydrogen (secondary N) is 1. The number of carboxylic acid groups (broad SMARTS) is 1. The summed E-state index contributed by atoms with van der Waals surface area (Å²) in [6.45, 7) is 14.9. The molecule has 0 aliphatic rings. The summed E-state index contributed by atoms with van der Waals surface area (Å²) >= 11 is 0. The SMILES string of the molecule is Cc1cn(COCC[Si](C)(C)C)c2nccc(Oc3ccc(CC(NC(=O)OC(C)(C)C)C(=O)O)cc3F)c12.[LiH]. The average Bonchev–Trinajstić information content (AvgIpc) is 3.12. The van der Waals surface area contributed by atoms with Gasteiger partial charge in [-0.2, -0.15) is 0 Å². The van der Waals surface area contributed by atoms with Crippen LogP contribution < -0.4 is 10.1 Å². The molecule has 40 heavy (non-hydrogen) atoms. The van der Waals surface area contributed by atoms with E-state index in [9.17, 15) is 14.7 Å². The van der Waals surface area contributed by atoms with E-state index in [0.29, 0.717) is 30.3 Å². The third-order valence-electron chi connectivity index (χ3n) is 5.78. The number of amides is 1. The molecule has 0 bridgehead atoms. The van der Waals surface area contributed by atoms with E-state index in [2.05, 4.69) is 29.9 Å². The van der Waals surface area contributed by atoms with Crippen molar-refractivity contribution in [3.05, 3.63) is 53.6 Å². The van der Waals surface area contributed by atoms with Crippen LogP contribution in [0.2, 0.25) is 25.7 Å². The molecular weight excluding hydrogens is 528 g/mol. The number of hydrogen-bond acceptors (Lipinski definition) is 6. The number of fused-ring (bicyclic) bond motifs is 1. The van der Waals surface area contributed by atoms with Gasteiger partial charge in [0.1, 0.15) is 29.8 Å². The van der Waals surface area contributed by atoms with Crippen LogP contribution in [0.4, 0.5) is 9.18 Å². The molecule has 0 fully saturated rings. The quantitative estimate of drug-likeness (QED) is 0.234. The number of halogens is 1. The van der Waals surface area contributed by atoms with Gasteiger partial charge in [0.2, 0.25) is 0 Å². The molecule has 0 spiro atoms. The van der Waals surface area contributed by atoms with Gasteiger partial charge >= 0.3 is 30.9 Å². The van der Waals surface area contributed by atoms with Crippen molar-refractivity contribution in [1.82, 2.24) is 14.9 Å². The first kappa shape index (κ1) is 33.4. The fourth-order valence-electron chi connectivity index (χ4n) is 3.86. The number of rotatable bonds is 11. The zero-order chi connectivity index (χ0) is 29.0. The fraction of sp³-hybridized carbons (Fsp3) is 0.464. The Kier molecular flexibility index (Phi) is 11.4. The second-order valence-electron chi connectivity index (χ2n) is 11.7. The first-order chi connectivity index (χ1) is 18.1. The van der Waals surface area contributed by atoms with E-state index in [1.54, 1.807) is 39.1 Å². The molecule has 0 radical (unpaired) electrons. The van der Waals surface area contributed by atoms with Gasteiger partial charge in [-0.25, -0.2) is 19.0 Å². The van der Waals surface area contributed by atoms with Crippen molar-refractivity contribution < 1.29 is 33.3 Å². The van der Waals surface area contributed by atoms with E-state index in [1.165, 1.54) is 12.1 Å². The van der Waals surface area contributed by atoms with Crippen molar-refractivity contribution >= 4 is 50.0 Å². The summed E-state index contributed by atoms with van der Waals surface area (Å²) in [5.41, 5.74) is 1.18. The summed E-state index contributed by atoms with van der Waals surface area (Å²) in [5.74, 6) is -1.49. The predicted molar refractivity (Wildman–Crippen MR) is 157 cm³/mol. The second kappa shape index (κ2) is 13.7. The molecule has 2 N–H and O–H groups in total. The number of ether oxygens (including phenoxy) is 3. The molecule has 2 heterocycles. The van der Waals surface area contributed by atoms with Gasteiger partial charge in [-0.15, -0.1) is 0 Å². The molecule has 1 unspecified atom stereocenters. The Morgan fingerprint density at radius 1 is 1.18 bits per heavy atom. The monoisotopic (exact) mass is 567 g/mol. The van der Waals surface area contributed by atoms with Crippen LogP contribution in [0, 0.1) is 12.7 Å². The molecule has 0 saturated carbocycles. The number of hydrogen-bond donors (Lipinski definition) is 2. The van der Waals surface area contributed by atoms with Gasteiger partial charge in [-0.3, -0.25) is 0 Å². The van der Waals surface area contributed by atoms with Gasteiger partial charge in [0, 0.05) is 33.5 Å². The van der Waals surface area contributed by atoms with Gasteiger partial charge in [0.05, 0.1) is 5.39 Å². The summed E-state index contributed by atoms with van der Waals surface area (Å²) in [5, 5.41) is 12.6. The summed E-state index contributed by atoms with van der Waals surface area (Å²) in [6.07, 6.45) is 2.54. The Morgan fingerprint density at radius 3 is 2.48 bits per heavy atom. The summed E-state index contributed by atoms with van der Waals surface area (Å²) in [7, 11) is -1.20. The fourth-order valence-corrected chi connectivity index (χ4v) is 4.62. The van der Waals surface area contributed by atoms with Crippen LogP contribution in [0.25, 0.3) is 11.0 Å². The van der Waals surface area contributed by atoms with Gasteiger partial charge < -0.3 is 29.2 Å². The molecule has 214 valence electrons. The molecule has 1 aromatic carbocycles. The third kappa shape index (κ3) is 9.66. The molecule has 12 heteroatoms. The zero-order valence-electron chi connectivity index (χ0n) is 23.6. The zero-order valence-corrected chi connectivity index (χ0v) is 24.6. The number of aryl methyl sites for hydroxylation is 1. The number of aliphatic carboxylic acids is 1. The Morgan fingerprint density at radius 2 is 1.88 bits per heavy atom. The normalized spacial score (nSPS) is 12.5. The second-order valence-corrected chi connectivity index (χ2v) is 17.4. The van der Waals surface area contributed by atoms with Crippen molar-refractivity contribution in [1.29, 1.82) is 0 Å². The maximum atomic E-state index is 15.1. The van der Waals surface area contributed by atoms with Crippen LogP contribution in [-0.2, 0) is 27.4 Å². The van der Waals surface area contributed by atoms with E-state index in [4.69, 9.17) is 14.2 Å². The van der Waals surface area contributed by atoms with Crippen LogP contribution in [0.15, 0.2) is 36.7 Å². The van der Waals surface area contributed by atoms with E-state index < -0.39 is 37.6 Å². The van der Waals surface area contributed by atoms with Crippen molar-refractivity contribution in [3.8, 4) is 11.5 Å². The first-order valence-electron chi connectivity index (χ1n) is 12.8. The van der Waals surface area contributed by atoms with E-state index >= 15 is 4.39 Å². The Hall–Kier alpha value is -2.85. The number of carbonyl (C=O) groups is 2. The van der Waals surface area contributed by atoms with Gasteiger partial charge in [0.25, 0.3) is 0 Å². The maximum absolute atomic E-state index is 15.1. The van der Waals surface area contributed by atoms with Crippen LogP contribution in [0.3, 0.4) is 0 Å². The molecule has 1 atom stereocenters. The number of aromatic nitrogens is 2. The van der Waals surface area contributed by atoms with E-state index in [1.807, 2.05) is 17.7 Å². The van der Waals surface area contributed by atoms with Crippen molar-refractivity contribution in [2.75, 3.05) is 6.61 Å². The minimum absolute atomic E-state index is 0. The van der Waals surface area contributed by atoms with E-state index in [-0.39, 0.29) is 31.0 Å². The number of alkyl carbamates (subject to hydrolysis) is 1. The minimum atomic E-state index is -1.29. The number of pyridine rings is 1. The number of nitrogens with zero attached hydrogens (tertiary/aromatic N) is 2. The Balaban J connectivity index is 0.00000560. The summed E-state index contributed by atoms with van der Waals surface area (Å²) < 4.78 is 33.9. The molecule has 3 rings (SSSR count). The van der Waals surface area contributed by atoms with Gasteiger partial charge in [-0.1, -0.05) is 25.7 Å². The summed E-state index contributed by atoms with van der Waals surface area (Å²) in [4.78, 5) is 28.2. The topological polar surface area (TPSA) is 112 Å². The first-order valence-corrected chi connectivity index (χ1v) is 16.5. The molecule has 3 aromatic rings. The molecule has 9 nitrogen and oxygen atoms in total. The molecule has 0 aliphatic heterocycles. The van der Waals surface area contributed by atoms with E-state index in [0.717, 1.165) is 17.0 Å². The number of benzene rings is 1. The van der Waals surface area contributed by atoms with Crippen LogP contribution in [0.1, 0.15) is 31.9 Å².